The van der Waals surface area contributed by atoms with Crippen LogP contribution in [0.2, 0.25) is 5.02 Å². The zero-order chi connectivity index (χ0) is 10.8. The van der Waals surface area contributed by atoms with Crippen molar-refractivity contribution < 1.29 is 4.79 Å². The molecule has 2 nitrogen and oxygen atoms in total. The molecule has 3 heteroatoms. The molecule has 1 atom stereocenters. The number of primary amides is 1. The molecule has 80 valence electrons. The van der Waals surface area contributed by atoms with Gasteiger partial charge in [0, 0.05) is 11.4 Å². The Labute approximate surface area is 94.4 Å². The predicted octanol–water partition coefficient (Wildman–Crippen LogP) is 2.71. The monoisotopic (exact) mass is 223 g/mol. The minimum atomic E-state index is -0.221. The van der Waals surface area contributed by atoms with Crippen molar-refractivity contribution in [3.8, 4) is 0 Å². The van der Waals surface area contributed by atoms with Gasteiger partial charge < -0.3 is 5.73 Å². The maximum absolute atomic E-state index is 11.0. The summed E-state index contributed by atoms with van der Waals surface area (Å²) in [4.78, 5) is 11.0. The first kappa shape index (κ1) is 10.5. The fraction of sp³-hybridized carbons (Fsp3) is 0.417. The summed E-state index contributed by atoms with van der Waals surface area (Å²) in [5, 5.41) is 0.729. The van der Waals surface area contributed by atoms with E-state index in [0.717, 1.165) is 5.02 Å². The molecule has 0 heterocycles. The van der Waals surface area contributed by atoms with Crippen molar-refractivity contribution in [1.82, 2.24) is 0 Å². The lowest BCUT2D eigenvalue weighted by Gasteiger charge is -2.14. The van der Waals surface area contributed by atoms with Crippen LogP contribution in [0.25, 0.3) is 0 Å². The molecule has 1 aromatic carbocycles. The highest BCUT2D eigenvalue weighted by atomic mass is 35.5. The van der Waals surface area contributed by atoms with Crippen LogP contribution in [0.3, 0.4) is 0 Å². The van der Waals surface area contributed by atoms with Gasteiger partial charge in [-0.25, -0.2) is 0 Å². The van der Waals surface area contributed by atoms with Crippen LogP contribution in [0.1, 0.15) is 30.7 Å². The second-order valence-corrected chi connectivity index (χ2v) is 4.60. The SMILES string of the molecule is NC(=O)CC(c1ccc(Cl)cc1)C1CC1. The molecule has 0 bridgehead atoms. The molecule has 0 spiro atoms. The van der Waals surface area contributed by atoms with Gasteiger partial charge in [0.25, 0.3) is 0 Å². The number of rotatable bonds is 4. The highest BCUT2D eigenvalue weighted by molar-refractivity contribution is 6.30. The van der Waals surface area contributed by atoms with Crippen LogP contribution in [0.15, 0.2) is 24.3 Å². The third kappa shape index (κ3) is 2.72. The number of amides is 1. The number of hydrogen-bond donors (Lipinski definition) is 1. The average molecular weight is 224 g/mol. The van der Waals surface area contributed by atoms with Gasteiger partial charge in [0.05, 0.1) is 0 Å². The minimum absolute atomic E-state index is 0.221. The second kappa shape index (κ2) is 4.23. The largest absolute Gasteiger partial charge is 0.370 e. The van der Waals surface area contributed by atoms with E-state index in [1.165, 1.54) is 18.4 Å². The summed E-state index contributed by atoms with van der Waals surface area (Å²) in [6, 6.07) is 7.73. The van der Waals surface area contributed by atoms with Crippen LogP contribution < -0.4 is 5.73 Å². The molecule has 0 aromatic heterocycles. The Morgan fingerprint density at radius 2 is 2.00 bits per heavy atom. The van der Waals surface area contributed by atoms with Crippen molar-refractivity contribution in [3.05, 3.63) is 34.9 Å². The molecule has 1 fully saturated rings. The maximum atomic E-state index is 11.0. The highest BCUT2D eigenvalue weighted by Crippen LogP contribution is 2.44. The van der Waals surface area contributed by atoms with Crippen molar-refractivity contribution in [2.45, 2.75) is 25.2 Å². The van der Waals surface area contributed by atoms with Crippen molar-refractivity contribution in [2.75, 3.05) is 0 Å². The van der Waals surface area contributed by atoms with Gasteiger partial charge in [0.1, 0.15) is 0 Å². The van der Waals surface area contributed by atoms with Crippen molar-refractivity contribution in [1.29, 1.82) is 0 Å². The lowest BCUT2D eigenvalue weighted by molar-refractivity contribution is -0.118. The molecular formula is C12H14ClNO. The fourth-order valence-corrected chi connectivity index (χ4v) is 2.11. The van der Waals surface area contributed by atoms with E-state index >= 15 is 0 Å². The molecule has 0 saturated heterocycles. The Hall–Kier alpha value is -1.02. The second-order valence-electron chi connectivity index (χ2n) is 4.17. The van der Waals surface area contributed by atoms with Gasteiger partial charge in [-0.15, -0.1) is 0 Å². The number of benzene rings is 1. The summed E-state index contributed by atoms with van der Waals surface area (Å²) in [5.74, 6) is 0.709. The molecular weight excluding hydrogens is 210 g/mol. The van der Waals surface area contributed by atoms with Gasteiger partial charge in [-0.1, -0.05) is 23.7 Å². The first-order valence-electron chi connectivity index (χ1n) is 5.20. The van der Waals surface area contributed by atoms with E-state index in [1.807, 2.05) is 24.3 Å². The van der Waals surface area contributed by atoms with Crippen molar-refractivity contribution >= 4 is 17.5 Å². The zero-order valence-corrected chi connectivity index (χ0v) is 9.20. The molecule has 2 N–H and O–H groups in total. The summed E-state index contributed by atoms with van der Waals surface area (Å²) in [6.07, 6.45) is 2.87. The van der Waals surface area contributed by atoms with Gasteiger partial charge in [0.2, 0.25) is 5.91 Å². The van der Waals surface area contributed by atoms with Crippen molar-refractivity contribution in [2.24, 2.45) is 11.7 Å². The number of nitrogens with two attached hydrogens (primary N) is 1. The molecule has 0 aliphatic heterocycles. The Balaban J connectivity index is 2.16. The molecule has 1 aliphatic carbocycles. The minimum Gasteiger partial charge on any atom is -0.370 e. The summed E-state index contributed by atoms with van der Waals surface area (Å²) in [5.41, 5.74) is 6.44. The van der Waals surface area contributed by atoms with Crippen LogP contribution in [-0.4, -0.2) is 5.91 Å². The molecule has 1 unspecified atom stereocenters. The third-order valence-electron chi connectivity index (χ3n) is 2.91. The van der Waals surface area contributed by atoms with E-state index < -0.39 is 0 Å². The lowest BCUT2D eigenvalue weighted by Crippen LogP contribution is -2.16. The van der Waals surface area contributed by atoms with E-state index in [1.54, 1.807) is 0 Å². The van der Waals surface area contributed by atoms with Crippen LogP contribution in [0.5, 0.6) is 0 Å². The molecule has 15 heavy (non-hydrogen) atoms. The van der Waals surface area contributed by atoms with Gasteiger partial charge in [-0.2, -0.15) is 0 Å². The Morgan fingerprint density at radius 3 is 2.47 bits per heavy atom. The number of hydrogen-bond acceptors (Lipinski definition) is 1. The molecule has 1 aromatic rings. The topological polar surface area (TPSA) is 43.1 Å². The van der Waals surface area contributed by atoms with Crippen LogP contribution in [-0.2, 0) is 4.79 Å². The lowest BCUT2D eigenvalue weighted by atomic mass is 9.91. The third-order valence-corrected chi connectivity index (χ3v) is 3.16. The van der Waals surface area contributed by atoms with Gasteiger partial charge in [-0.05, 0) is 42.4 Å². The summed E-state index contributed by atoms with van der Waals surface area (Å²) < 4.78 is 0. The van der Waals surface area contributed by atoms with Crippen LogP contribution >= 0.6 is 11.6 Å². The summed E-state index contributed by atoms with van der Waals surface area (Å²) in [7, 11) is 0. The van der Waals surface area contributed by atoms with Crippen molar-refractivity contribution in [3.63, 3.8) is 0 Å². The summed E-state index contributed by atoms with van der Waals surface area (Å²) >= 11 is 5.83. The maximum Gasteiger partial charge on any atom is 0.218 e. The van der Waals surface area contributed by atoms with Gasteiger partial charge >= 0.3 is 0 Å². The molecule has 1 aliphatic rings. The highest BCUT2D eigenvalue weighted by Gasteiger charge is 2.33. The van der Waals surface area contributed by atoms with E-state index in [2.05, 4.69) is 0 Å². The number of carbonyl (C=O) groups is 1. The fourth-order valence-electron chi connectivity index (χ4n) is 1.98. The Kier molecular flexibility index (Phi) is 2.96. The van der Waals surface area contributed by atoms with E-state index in [0.29, 0.717) is 18.3 Å². The first-order valence-corrected chi connectivity index (χ1v) is 5.58. The smallest absolute Gasteiger partial charge is 0.218 e. The normalized spacial score (nSPS) is 17.4. The quantitative estimate of drug-likeness (QED) is 0.838. The van der Waals surface area contributed by atoms with Gasteiger partial charge in [0.15, 0.2) is 0 Å². The van der Waals surface area contributed by atoms with Crippen LogP contribution in [0.4, 0.5) is 0 Å². The molecule has 1 saturated carbocycles. The Morgan fingerprint density at radius 1 is 1.40 bits per heavy atom. The van der Waals surface area contributed by atoms with Gasteiger partial charge in [-0.3, -0.25) is 4.79 Å². The molecule has 0 radical (unpaired) electrons. The predicted molar refractivity (Wildman–Crippen MR) is 60.7 cm³/mol. The van der Waals surface area contributed by atoms with Crippen LogP contribution in [0, 0.1) is 5.92 Å². The first-order chi connectivity index (χ1) is 7.16. The molecule has 1 amide bonds. The van der Waals surface area contributed by atoms with E-state index in [-0.39, 0.29) is 5.91 Å². The van der Waals surface area contributed by atoms with E-state index in [9.17, 15) is 4.79 Å². The average Bonchev–Trinajstić information content (AvgIpc) is 2.99. The number of carbonyl (C=O) groups excluding carboxylic acids is 1. The number of halogens is 1. The van der Waals surface area contributed by atoms with E-state index in [4.69, 9.17) is 17.3 Å². The Bertz CT molecular complexity index is 356. The zero-order valence-electron chi connectivity index (χ0n) is 8.45. The summed E-state index contributed by atoms with van der Waals surface area (Å²) in [6.45, 7) is 0. The molecule has 2 rings (SSSR count). The standard InChI is InChI=1S/C12H14ClNO/c13-10-5-3-9(4-6-10)11(7-12(14)15)8-1-2-8/h3-6,8,11H,1-2,7H2,(H2,14,15).